The molecule has 0 spiro atoms. The van der Waals surface area contributed by atoms with E-state index in [2.05, 4.69) is 17.2 Å². The molecule has 168 valence electrons. The molecular weight excluding hydrogens is 448 g/mol. The van der Waals surface area contributed by atoms with Crippen molar-refractivity contribution in [3.05, 3.63) is 57.6 Å². The van der Waals surface area contributed by atoms with E-state index >= 15 is 0 Å². The third-order valence-electron chi connectivity index (χ3n) is 5.19. The molecule has 10 heteroatoms. The van der Waals surface area contributed by atoms with E-state index in [1.54, 1.807) is 34.1 Å². The summed E-state index contributed by atoms with van der Waals surface area (Å²) in [5, 5.41) is 5.99. The number of hydrogen-bond donors (Lipinski definition) is 2. The van der Waals surface area contributed by atoms with Gasteiger partial charge in [-0.2, -0.15) is 0 Å². The molecular formula is C22H24N4O4S2. The monoisotopic (exact) mass is 472 g/mol. The van der Waals surface area contributed by atoms with E-state index in [0.29, 0.717) is 22.8 Å². The van der Waals surface area contributed by atoms with Crippen LogP contribution in [0.2, 0.25) is 0 Å². The number of nitrogens with zero attached hydrogens (tertiary/aromatic N) is 2. The van der Waals surface area contributed by atoms with Gasteiger partial charge in [-0.15, -0.1) is 17.9 Å². The van der Waals surface area contributed by atoms with Gasteiger partial charge in [-0.3, -0.25) is 19.5 Å². The summed E-state index contributed by atoms with van der Waals surface area (Å²) >= 11 is 2.71. The van der Waals surface area contributed by atoms with Crippen LogP contribution >= 0.6 is 23.1 Å². The lowest BCUT2D eigenvalue weighted by Gasteiger charge is -2.11. The highest BCUT2D eigenvalue weighted by Gasteiger charge is 2.22. The van der Waals surface area contributed by atoms with Crippen LogP contribution in [0.4, 0.5) is 4.79 Å². The average Bonchev–Trinajstić information content (AvgIpc) is 3.35. The molecule has 0 saturated carbocycles. The van der Waals surface area contributed by atoms with Crippen molar-refractivity contribution in [1.29, 1.82) is 0 Å². The summed E-state index contributed by atoms with van der Waals surface area (Å²) in [5.41, 5.74) is 1.05. The minimum Gasteiger partial charge on any atom is -0.467 e. The maximum atomic E-state index is 13.3. The topological polar surface area (TPSA) is 106 Å². The third kappa shape index (κ3) is 4.97. The van der Waals surface area contributed by atoms with Gasteiger partial charge in [0.25, 0.3) is 5.56 Å². The van der Waals surface area contributed by atoms with Gasteiger partial charge in [-0.05, 0) is 43.4 Å². The maximum Gasteiger partial charge on any atom is 0.321 e. The summed E-state index contributed by atoms with van der Waals surface area (Å²) in [6.07, 6.45) is 8.43. The van der Waals surface area contributed by atoms with Crippen LogP contribution in [0.5, 0.6) is 0 Å². The van der Waals surface area contributed by atoms with Crippen LogP contribution in [-0.2, 0) is 30.7 Å². The predicted molar refractivity (Wildman–Crippen MR) is 125 cm³/mol. The number of aryl methyl sites for hydroxylation is 2. The lowest BCUT2D eigenvalue weighted by atomic mass is 10.1. The standard InChI is InChI=1S/C22H24N4O4S2/c1-2-10-26-20(28)18-15-8-4-3-5-9-16(15)32-19(18)25-22(26)31-13-17(27)24-21(29)23-12-14-7-6-11-30-14/h2,6-7,11H,1,3-5,8-10,12-13H2,(H2,23,24,27,29). The first-order valence-electron chi connectivity index (χ1n) is 10.5. The highest BCUT2D eigenvalue weighted by atomic mass is 32.2. The first kappa shape index (κ1) is 22.3. The van der Waals surface area contributed by atoms with Crippen LogP contribution in [0.1, 0.15) is 35.5 Å². The van der Waals surface area contributed by atoms with E-state index in [4.69, 9.17) is 9.40 Å². The number of amides is 3. The molecule has 2 N–H and O–H groups in total. The first-order valence-corrected chi connectivity index (χ1v) is 12.3. The van der Waals surface area contributed by atoms with Crippen LogP contribution in [0.25, 0.3) is 10.2 Å². The minimum atomic E-state index is -0.610. The smallest absolute Gasteiger partial charge is 0.321 e. The van der Waals surface area contributed by atoms with E-state index < -0.39 is 11.9 Å². The van der Waals surface area contributed by atoms with Gasteiger partial charge in [0.15, 0.2) is 5.16 Å². The number of thioether (sulfide) groups is 1. The predicted octanol–water partition coefficient (Wildman–Crippen LogP) is 3.62. The Bertz CT molecular complexity index is 1200. The molecule has 32 heavy (non-hydrogen) atoms. The van der Waals surface area contributed by atoms with Crippen molar-refractivity contribution in [3.8, 4) is 0 Å². The number of imide groups is 1. The van der Waals surface area contributed by atoms with Crippen LogP contribution in [-0.4, -0.2) is 27.2 Å². The Hall–Kier alpha value is -2.85. The van der Waals surface area contributed by atoms with Gasteiger partial charge in [0.1, 0.15) is 10.6 Å². The number of urea groups is 1. The van der Waals surface area contributed by atoms with Gasteiger partial charge in [-0.25, -0.2) is 9.78 Å². The Balaban J connectivity index is 1.47. The number of nitrogens with one attached hydrogen (secondary N) is 2. The summed E-state index contributed by atoms with van der Waals surface area (Å²) in [7, 11) is 0. The van der Waals surface area contributed by atoms with Gasteiger partial charge >= 0.3 is 6.03 Å². The lowest BCUT2D eigenvalue weighted by Crippen LogP contribution is -2.40. The third-order valence-corrected chi connectivity index (χ3v) is 7.35. The Labute approximate surface area is 193 Å². The van der Waals surface area contributed by atoms with Gasteiger partial charge in [0, 0.05) is 11.4 Å². The number of carbonyl (C=O) groups is 2. The summed E-state index contributed by atoms with van der Waals surface area (Å²) in [6.45, 7) is 4.24. The van der Waals surface area contributed by atoms with Gasteiger partial charge < -0.3 is 9.73 Å². The normalized spacial score (nSPS) is 13.4. The Morgan fingerprint density at radius 1 is 1.31 bits per heavy atom. The van der Waals surface area contributed by atoms with E-state index in [9.17, 15) is 14.4 Å². The van der Waals surface area contributed by atoms with E-state index in [0.717, 1.165) is 47.8 Å². The van der Waals surface area contributed by atoms with Crippen molar-refractivity contribution in [2.24, 2.45) is 0 Å². The molecule has 3 aromatic heterocycles. The molecule has 0 unspecified atom stereocenters. The van der Waals surface area contributed by atoms with Crippen LogP contribution < -0.4 is 16.2 Å². The summed E-state index contributed by atoms with van der Waals surface area (Å²) in [4.78, 5) is 44.2. The molecule has 3 amide bonds. The van der Waals surface area contributed by atoms with Crippen LogP contribution in [0.15, 0.2) is 45.4 Å². The zero-order valence-electron chi connectivity index (χ0n) is 17.5. The van der Waals surface area contributed by atoms with Crippen molar-refractivity contribution in [2.75, 3.05) is 5.75 Å². The second-order valence-corrected chi connectivity index (χ2v) is 9.47. The summed E-state index contributed by atoms with van der Waals surface area (Å²) in [6, 6.07) is 2.83. The average molecular weight is 473 g/mol. The number of hydrogen-bond acceptors (Lipinski definition) is 7. The Morgan fingerprint density at radius 2 is 2.16 bits per heavy atom. The molecule has 3 heterocycles. The molecule has 1 aliphatic carbocycles. The fourth-order valence-electron chi connectivity index (χ4n) is 3.71. The number of rotatable bonds is 7. The van der Waals surface area contributed by atoms with Gasteiger partial charge in [-0.1, -0.05) is 24.3 Å². The SMILES string of the molecule is C=CCn1c(SCC(=O)NC(=O)NCc2ccco2)nc2sc3c(c2c1=O)CCCCC3. The number of thiophene rings is 1. The second kappa shape index (κ2) is 10.2. The molecule has 4 rings (SSSR count). The zero-order valence-corrected chi connectivity index (χ0v) is 19.2. The lowest BCUT2D eigenvalue weighted by molar-refractivity contribution is -0.117. The fourth-order valence-corrected chi connectivity index (χ4v) is 5.83. The molecule has 0 saturated heterocycles. The molecule has 0 radical (unpaired) electrons. The van der Waals surface area contributed by atoms with E-state index in [-0.39, 0.29) is 17.9 Å². The second-order valence-electron chi connectivity index (χ2n) is 7.44. The zero-order chi connectivity index (χ0) is 22.5. The van der Waals surface area contributed by atoms with Crippen LogP contribution in [0, 0.1) is 0 Å². The molecule has 0 fully saturated rings. The van der Waals surface area contributed by atoms with Crippen molar-refractivity contribution < 1.29 is 14.0 Å². The van der Waals surface area contributed by atoms with Crippen molar-refractivity contribution in [1.82, 2.24) is 20.2 Å². The quantitative estimate of drug-likeness (QED) is 0.235. The number of allylic oxidation sites excluding steroid dienone is 1. The maximum absolute atomic E-state index is 13.3. The Kier molecular flexibility index (Phi) is 7.11. The molecule has 0 bridgehead atoms. The van der Waals surface area contributed by atoms with Gasteiger partial charge in [0.2, 0.25) is 5.91 Å². The summed E-state index contributed by atoms with van der Waals surface area (Å²) < 4.78 is 6.69. The molecule has 8 nitrogen and oxygen atoms in total. The fraction of sp³-hybridized carbons (Fsp3) is 0.364. The summed E-state index contributed by atoms with van der Waals surface area (Å²) in [5.74, 6) is 0.0598. The van der Waals surface area contributed by atoms with E-state index in [1.807, 2.05) is 0 Å². The number of carbonyl (C=O) groups excluding carboxylic acids is 2. The van der Waals surface area contributed by atoms with Gasteiger partial charge in [0.05, 0.1) is 23.9 Å². The molecule has 1 aliphatic rings. The number of furan rings is 1. The highest BCUT2D eigenvalue weighted by Crippen LogP contribution is 2.34. The molecule has 0 aliphatic heterocycles. The van der Waals surface area contributed by atoms with Crippen molar-refractivity contribution >= 4 is 45.3 Å². The molecule has 3 aromatic rings. The van der Waals surface area contributed by atoms with E-state index in [1.165, 1.54) is 17.6 Å². The minimum absolute atomic E-state index is 0.0473. The van der Waals surface area contributed by atoms with Crippen molar-refractivity contribution in [2.45, 2.75) is 50.4 Å². The number of fused-ring (bicyclic) bond motifs is 3. The molecule has 0 aromatic carbocycles. The van der Waals surface area contributed by atoms with Crippen LogP contribution in [0.3, 0.4) is 0 Å². The van der Waals surface area contributed by atoms with Crippen molar-refractivity contribution in [3.63, 3.8) is 0 Å². The molecule has 0 atom stereocenters. The largest absolute Gasteiger partial charge is 0.467 e. The number of aromatic nitrogens is 2. The Morgan fingerprint density at radius 3 is 2.94 bits per heavy atom. The first-order chi connectivity index (χ1) is 15.6. The highest BCUT2D eigenvalue weighted by molar-refractivity contribution is 7.99.